The SMILES string of the molecule is Nc1nc(=S)nc(Cc2cccs2)[nH]1. The summed E-state index contributed by atoms with van der Waals surface area (Å²) in [7, 11) is 0. The Morgan fingerprint density at radius 1 is 1.50 bits per heavy atom. The molecule has 2 aromatic rings. The lowest BCUT2D eigenvalue weighted by molar-refractivity contribution is 0.924. The van der Waals surface area contributed by atoms with Crippen molar-refractivity contribution in [1.29, 1.82) is 0 Å². The van der Waals surface area contributed by atoms with E-state index in [4.69, 9.17) is 18.0 Å². The molecule has 4 nitrogen and oxygen atoms in total. The van der Waals surface area contributed by atoms with Gasteiger partial charge in [0.25, 0.3) is 0 Å². The minimum Gasteiger partial charge on any atom is -0.369 e. The first-order valence-corrected chi connectivity index (χ1v) is 5.28. The molecule has 2 aromatic heterocycles. The predicted molar refractivity (Wildman–Crippen MR) is 58.8 cm³/mol. The maximum Gasteiger partial charge on any atom is 0.224 e. The third kappa shape index (κ3) is 2.15. The molecule has 0 aliphatic carbocycles. The molecular formula is C8H8N4S2. The average Bonchev–Trinajstić information content (AvgIpc) is 2.54. The van der Waals surface area contributed by atoms with Crippen LogP contribution in [0, 0.1) is 4.77 Å². The topological polar surface area (TPSA) is 67.6 Å². The Morgan fingerprint density at radius 3 is 3.00 bits per heavy atom. The molecule has 0 aromatic carbocycles. The Kier molecular flexibility index (Phi) is 2.55. The summed E-state index contributed by atoms with van der Waals surface area (Å²) in [6.07, 6.45) is 0.716. The number of aromatic amines is 1. The molecule has 0 radical (unpaired) electrons. The van der Waals surface area contributed by atoms with Crippen LogP contribution in [0.25, 0.3) is 0 Å². The maximum atomic E-state index is 5.52. The number of H-pyrrole nitrogens is 1. The summed E-state index contributed by atoms with van der Waals surface area (Å²) in [6, 6.07) is 4.04. The zero-order valence-electron chi connectivity index (χ0n) is 7.23. The first-order chi connectivity index (χ1) is 6.74. The van der Waals surface area contributed by atoms with Gasteiger partial charge in [-0.2, -0.15) is 4.98 Å². The van der Waals surface area contributed by atoms with Crippen LogP contribution in [-0.2, 0) is 6.42 Å². The quantitative estimate of drug-likeness (QED) is 0.763. The molecule has 2 heterocycles. The fraction of sp³-hybridized carbons (Fsp3) is 0.125. The second-order valence-electron chi connectivity index (χ2n) is 2.72. The van der Waals surface area contributed by atoms with Crippen molar-refractivity contribution in [3.05, 3.63) is 33.0 Å². The van der Waals surface area contributed by atoms with Crippen molar-refractivity contribution in [2.45, 2.75) is 6.42 Å². The average molecular weight is 224 g/mol. The van der Waals surface area contributed by atoms with Crippen LogP contribution in [0.4, 0.5) is 5.95 Å². The van der Waals surface area contributed by atoms with E-state index in [1.54, 1.807) is 11.3 Å². The van der Waals surface area contributed by atoms with Crippen molar-refractivity contribution in [3.8, 4) is 0 Å². The second-order valence-corrected chi connectivity index (χ2v) is 4.12. The summed E-state index contributed by atoms with van der Waals surface area (Å²) >= 11 is 6.54. The van der Waals surface area contributed by atoms with Crippen LogP contribution in [0.1, 0.15) is 10.7 Å². The number of nitrogens with zero attached hydrogens (tertiary/aromatic N) is 2. The van der Waals surface area contributed by atoms with Gasteiger partial charge in [0.1, 0.15) is 5.82 Å². The van der Waals surface area contributed by atoms with Gasteiger partial charge in [-0.05, 0) is 23.7 Å². The van der Waals surface area contributed by atoms with E-state index in [0.717, 1.165) is 5.82 Å². The molecule has 6 heteroatoms. The molecule has 2 rings (SSSR count). The van der Waals surface area contributed by atoms with E-state index in [1.165, 1.54) is 4.88 Å². The first kappa shape index (κ1) is 9.29. The van der Waals surface area contributed by atoms with Gasteiger partial charge in [-0.3, -0.25) is 0 Å². The molecule has 0 saturated heterocycles. The van der Waals surface area contributed by atoms with E-state index in [-0.39, 0.29) is 4.77 Å². The molecule has 0 spiro atoms. The summed E-state index contributed by atoms with van der Waals surface area (Å²) in [5.41, 5.74) is 5.52. The zero-order chi connectivity index (χ0) is 9.97. The monoisotopic (exact) mass is 224 g/mol. The molecule has 0 unspecified atom stereocenters. The number of nitrogens with one attached hydrogen (secondary N) is 1. The Morgan fingerprint density at radius 2 is 2.36 bits per heavy atom. The van der Waals surface area contributed by atoms with Crippen molar-refractivity contribution in [3.63, 3.8) is 0 Å². The van der Waals surface area contributed by atoms with Crippen molar-refractivity contribution in [1.82, 2.24) is 15.0 Å². The third-order valence-corrected chi connectivity index (χ3v) is 2.70. The third-order valence-electron chi connectivity index (χ3n) is 1.64. The van der Waals surface area contributed by atoms with E-state index >= 15 is 0 Å². The lowest BCUT2D eigenvalue weighted by Gasteiger charge is -1.99. The Bertz CT molecular complexity index is 474. The van der Waals surface area contributed by atoms with Gasteiger partial charge < -0.3 is 10.7 Å². The molecule has 0 aliphatic rings. The molecule has 0 bridgehead atoms. The molecule has 0 saturated carbocycles. The van der Waals surface area contributed by atoms with Gasteiger partial charge in [0.05, 0.1) is 0 Å². The number of nitrogens with two attached hydrogens (primary N) is 1. The van der Waals surface area contributed by atoms with Crippen LogP contribution >= 0.6 is 23.6 Å². The molecular weight excluding hydrogens is 216 g/mol. The van der Waals surface area contributed by atoms with E-state index in [0.29, 0.717) is 12.4 Å². The highest BCUT2D eigenvalue weighted by Gasteiger charge is 2.00. The van der Waals surface area contributed by atoms with Gasteiger partial charge in [-0.25, -0.2) is 4.98 Å². The summed E-state index contributed by atoms with van der Waals surface area (Å²) in [4.78, 5) is 12.0. The smallest absolute Gasteiger partial charge is 0.224 e. The molecule has 0 amide bonds. The number of rotatable bonds is 2. The van der Waals surface area contributed by atoms with Gasteiger partial charge in [0.2, 0.25) is 10.7 Å². The Hall–Kier alpha value is -1.27. The Labute approximate surface area is 89.9 Å². The van der Waals surface area contributed by atoms with Gasteiger partial charge in [0, 0.05) is 11.3 Å². The summed E-state index contributed by atoms with van der Waals surface area (Å²) in [5.74, 6) is 1.07. The van der Waals surface area contributed by atoms with Crippen molar-refractivity contribution >= 4 is 29.5 Å². The summed E-state index contributed by atoms with van der Waals surface area (Å²) < 4.78 is 0.285. The molecule has 0 fully saturated rings. The highest BCUT2D eigenvalue weighted by Crippen LogP contribution is 2.12. The minimum absolute atomic E-state index is 0.285. The van der Waals surface area contributed by atoms with Crippen LogP contribution in [0.3, 0.4) is 0 Å². The fourth-order valence-corrected chi connectivity index (χ4v) is 2.03. The number of thiophene rings is 1. The highest BCUT2D eigenvalue weighted by molar-refractivity contribution is 7.71. The Balaban J connectivity index is 2.29. The van der Waals surface area contributed by atoms with E-state index in [1.807, 2.05) is 17.5 Å². The number of aromatic nitrogens is 3. The van der Waals surface area contributed by atoms with Gasteiger partial charge in [0.15, 0.2) is 0 Å². The summed E-state index contributed by atoms with van der Waals surface area (Å²) in [5, 5.41) is 2.02. The number of nitrogen functional groups attached to an aromatic ring is 1. The normalized spacial score (nSPS) is 10.3. The number of hydrogen-bond acceptors (Lipinski definition) is 5. The first-order valence-electron chi connectivity index (χ1n) is 3.99. The van der Waals surface area contributed by atoms with E-state index in [9.17, 15) is 0 Å². The van der Waals surface area contributed by atoms with Crippen LogP contribution in [0.15, 0.2) is 17.5 Å². The highest BCUT2D eigenvalue weighted by atomic mass is 32.1. The predicted octanol–water partition coefficient (Wildman–Crippen LogP) is 1.77. The van der Waals surface area contributed by atoms with Crippen LogP contribution < -0.4 is 5.73 Å². The number of anilines is 1. The maximum absolute atomic E-state index is 5.52. The van der Waals surface area contributed by atoms with Crippen LogP contribution in [0.2, 0.25) is 0 Å². The van der Waals surface area contributed by atoms with Gasteiger partial charge in [-0.1, -0.05) is 6.07 Å². The van der Waals surface area contributed by atoms with Gasteiger partial charge >= 0.3 is 0 Å². The van der Waals surface area contributed by atoms with Gasteiger partial charge in [-0.15, -0.1) is 11.3 Å². The molecule has 0 aliphatic heterocycles. The molecule has 72 valence electrons. The lowest BCUT2D eigenvalue weighted by Crippen LogP contribution is -2.02. The fourth-order valence-electron chi connectivity index (χ4n) is 1.11. The lowest BCUT2D eigenvalue weighted by atomic mass is 10.3. The molecule has 0 atom stereocenters. The van der Waals surface area contributed by atoms with Crippen LogP contribution in [-0.4, -0.2) is 15.0 Å². The van der Waals surface area contributed by atoms with E-state index < -0.39 is 0 Å². The largest absolute Gasteiger partial charge is 0.369 e. The van der Waals surface area contributed by atoms with E-state index in [2.05, 4.69) is 15.0 Å². The van der Waals surface area contributed by atoms with Crippen molar-refractivity contribution < 1.29 is 0 Å². The molecule has 14 heavy (non-hydrogen) atoms. The minimum atomic E-state index is 0.285. The second kappa shape index (κ2) is 3.85. The summed E-state index contributed by atoms with van der Waals surface area (Å²) in [6.45, 7) is 0. The van der Waals surface area contributed by atoms with Crippen molar-refractivity contribution in [2.75, 3.05) is 5.73 Å². The standard InChI is InChI=1S/C8H8N4S2/c9-7-10-6(11-8(13)12-7)4-5-2-1-3-14-5/h1-3H,4H2,(H3,9,10,11,12,13). The van der Waals surface area contributed by atoms with Crippen LogP contribution in [0.5, 0.6) is 0 Å². The van der Waals surface area contributed by atoms with Crippen molar-refractivity contribution in [2.24, 2.45) is 0 Å². The molecule has 3 N–H and O–H groups in total. The zero-order valence-corrected chi connectivity index (χ0v) is 8.86. The number of hydrogen-bond donors (Lipinski definition) is 2.